The Morgan fingerprint density at radius 1 is 1.50 bits per heavy atom. The van der Waals surface area contributed by atoms with Gasteiger partial charge in [0.1, 0.15) is 5.75 Å². The van der Waals surface area contributed by atoms with E-state index in [-0.39, 0.29) is 5.75 Å². The summed E-state index contributed by atoms with van der Waals surface area (Å²) in [6.45, 7) is 3.48. The summed E-state index contributed by atoms with van der Waals surface area (Å²) in [5.74, 6) is 0.454. The van der Waals surface area contributed by atoms with Gasteiger partial charge in [-0.2, -0.15) is 0 Å². The molecule has 0 bridgehead atoms. The molecule has 1 atom stereocenters. The van der Waals surface area contributed by atoms with E-state index in [9.17, 15) is 9.32 Å². The van der Waals surface area contributed by atoms with Gasteiger partial charge in [-0.25, -0.2) is 0 Å². The molecule has 0 heterocycles. The van der Waals surface area contributed by atoms with Gasteiger partial charge >= 0.3 is 0 Å². The molecule has 3 heteroatoms. The molecule has 0 radical (unpaired) electrons. The summed E-state index contributed by atoms with van der Waals surface area (Å²) in [7, 11) is -1.16. The van der Waals surface area contributed by atoms with Gasteiger partial charge in [-0.15, -0.1) is 6.58 Å². The van der Waals surface area contributed by atoms with E-state index in [0.717, 1.165) is 0 Å². The molecule has 1 rings (SSSR count). The Labute approximate surface area is 74.0 Å². The number of phenols is 1. The van der Waals surface area contributed by atoms with Gasteiger partial charge in [-0.3, -0.25) is 4.21 Å². The summed E-state index contributed by atoms with van der Waals surface area (Å²) in [6.07, 6.45) is 1.57. The van der Waals surface area contributed by atoms with Crippen molar-refractivity contribution in [2.24, 2.45) is 0 Å². The lowest BCUT2D eigenvalue weighted by atomic mass is 10.3. The number of benzene rings is 1. The van der Waals surface area contributed by atoms with E-state index in [0.29, 0.717) is 10.6 Å². The molecule has 0 amide bonds. The van der Waals surface area contributed by atoms with Crippen molar-refractivity contribution in [1.82, 2.24) is 0 Å². The van der Waals surface area contributed by atoms with Crippen LogP contribution >= 0.6 is 0 Å². The number of rotatable bonds is 3. The molecule has 64 valence electrons. The van der Waals surface area contributed by atoms with E-state index in [1.54, 1.807) is 24.3 Å². The highest BCUT2D eigenvalue weighted by atomic mass is 32.2. The minimum Gasteiger partial charge on any atom is -0.507 e. The lowest BCUT2D eigenvalue weighted by Gasteiger charge is -2.00. The molecule has 0 aliphatic rings. The van der Waals surface area contributed by atoms with Crippen molar-refractivity contribution in [3.8, 4) is 5.75 Å². The van der Waals surface area contributed by atoms with Crippen LogP contribution in [0.1, 0.15) is 0 Å². The first-order valence-electron chi connectivity index (χ1n) is 3.53. The van der Waals surface area contributed by atoms with E-state index in [1.165, 1.54) is 6.07 Å². The largest absolute Gasteiger partial charge is 0.507 e. The number of aromatic hydroxyl groups is 1. The van der Waals surface area contributed by atoms with Crippen molar-refractivity contribution in [2.75, 3.05) is 5.75 Å². The summed E-state index contributed by atoms with van der Waals surface area (Å²) in [6, 6.07) is 6.62. The van der Waals surface area contributed by atoms with E-state index in [2.05, 4.69) is 6.58 Å². The first kappa shape index (κ1) is 9.00. The van der Waals surface area contributed by atoms with Crippen molar-refractivity contribution < 1.29 is 9.32 Å². The quantitative estimate of drug-likeness (QED) is 0.722. The van der Waals surface area contributed by atoms with Crippen LogP contribution in [0.3, 0.4) is 0 Å². The van der Waals surface area contributed by atoms with E-state index >= 15 is 0 Å². The molecule has 1 aromatic rings. The molecule has 2 nitrogen and oxygen atoms in total. The van der Waals surface area contributed by atoms with Gasteiger partial charge in [-0.1, -0.05) is 18.2 Å². The summed E-state index contributed by atoms with van der Waals surface area (Å²) >= 11 is 0. The summed E-state index contributed by atoms with van der Waals surface area (Å²) in [4.78, 5) is 0.470. The maximum Gasteiger partial charge on any atom is 0.131 e. The number of phenolic OH excluding ortho intramolecular Hbond substituents is 1. The van der Waals surface area contributed by atoms with Crippen molar-refractivity contribution in [2.45, 2.75) is 4.90 Å². The Kier molecular flexibility index (Phi) is 3.05. The average molecular weight is 182 g/mol. The van der Waals surface area contributed by atoms with Crippen LogP contribution in [-0.2, 0) is 10.8 Å². The lowest BCUT2D eigenvalue weighted by Crippen LogP contribution is -1.94. The van der Waals surface area contributed by atoms with Crippen molar-refractivity contribution in [3.05, 3.63) is 36.9 Å². The Morgan fingerprint density at radius 3 is 2.75 bits per heavy atom. The van der Waals surface area contributed by atoms with E-state index in [4.69, 9.17) is 0 Å². The van der Waals surface area contributed by atoms with Gasteiger partial charge in [0.2, 0.25) is 0 Å². The molecule has 0 aliphatic heterocycles. The predicted molar refractivity (Wildman–Crippen MR) is 49.6 cm³/mol. The second kappa shape index (κ2) is 4.07. The minimum atomic E-state index is -1.16. The van der Waals surface area contributed by atoms with Crippen LogP contribution in [-0.4, -0.2) is 15.1 Å². The molecule has 1 aromatic carbocycles. The van der Waals surface area contributed by atoms with Crippen LogP contribution in [0.25, 0.3) is 0 Å². The number of hydrogen-bond donors (Lipinski definition) is 1. The Balaban J connectivity index is 2.94. The molecule has 12 heavy (non-hydrogen) atoms. The molecule has 0 aliphatic carbocycles. The Hall–Kier alpha value is -1.09. The Bertz CT molecular complexity index is 307. The monoisotopic (exact) mass is 182 g/mol. The van der Waals surface area contributed by atoms with Crippen LogP contribution in [0.4, 0.5) is 0 Å². The zero-order valence-corrected chi connectivity index (χ0v) is 7.38. The summed E-state index contributed by atoms with van der Waals surface area (Å²) in [5, 5.41) is 9.28. The number of hydrogen-bond acceptors (Lipinski definition) is 2. The highest BCUT2D eigenvalue weighted by Gasteiger charge is 2.05. The fourth-order valence-electron chi connectivity index (χ4n) is 0.847. The van der Waals surface area contributed by atoms with Gasteiger partial charge in [0.15, 0.2) is 0 Å². The first-order chi connectivity index (χ1) is 5.75. The fraction of sp³-hybridized carbons (Fsp3) is 0.111. The van der Waals surface area contributed by atoms with Crippen LogP contribution in [0.15, 0.2) is 41.8 Å². The van der Waals surface area contributed by atoms with Crippen LogP contribution < -0.4 is 0 Å². The molecular formula is C9H10O2S. The number of para-hydroxylation sites is 1. The third-order valence-electron chi connectivity index (χ3n) is 1.38. The maximum atomic E-state index is 11.3. The Morgan fingerprint density at radius 2 is 2.17 bits per heavy atom. The highest BCUT2D eigenvalue weighted by molar-refractivity contribution is 7.85. The van der Waals surface area contributed by atoms with E-state index in [1.807, 2.05) is 0 Å². The predicted octanol–water partition coefficient (Wildman–Crippen LogP) is 1.69. The zero-order chi connectivity index (χ0) is 8.97. The lowest BCUT2D eigenvalue weighted by molar-refractivity contribution is 0.461. The van der Waals surface area contributed by atoms with Crippen LogP contribution in [0.5, 0.6) is 5.75 Å². The molecule has 1 N–H and O–H groups in total. The maximum absolute atomic E-state index is 11.3. The molecule has 0 aromatic heterocycles. The first-order valence-corrected chi connectivity index (χ1v) is 4.85. The van der Waals surface area contributed by atoms with Gasteiger partial charge in [0.05, 0.1) is 15.7 Å². The van der Waals surface area contributed by atoms with Gasteiger partial charge in [0, 0.05) is 5.75 Å². The van der Waals surface area contributed by atoms with Gasteiger partial charge in [0.25, 0.3) is 0 Å². The fourth-order valence-corrected chi connectivity index (χ4v) is 1.77. The second-order valence-corrected chi connectivity index (χ2v) is 3.73. The second-order valence-electron chi connectivity index (χ2n) is 2.27. The molecule has 0 saturated carbocycles. The molecule has 1 unspecified atom stereocenters. The average Bonchev–Trinajstić information content (AvgIpc) is 2.05. The SMILES string of the molecule is C=CCS(=O)c1ccccc1O. The summed E-state index contributed by atoms with van der Waals surface area (Å²) in [5.41, 5.74) is 0. The molecule has 0 fully saturated rings. The van der Waals surface area contributed by atoms with E-state index < -0.39 is 10.8 Å². The standard InChI is InChI=1S/C9H10O2S/c1-2-7-12(11)9-6-4-3-5-8(9)10/h2-6,10H,1,7H2. The topological polar surface area (TPSA) is 37.3 Å². The molecule has 0 saturated heterocycles. The van der Waals surface area contributed by atoms with Crippen LogP contribution in [0, 0.1) is 0 Å². The summed E-state index contributed by atoms with van der Waals surface area (Å²) < 4.78 is 11.3. The zero-order valence-electron chi connectivity index (χ0n) is 6.56. The van der Waals surface area contributed by atoms with Gasteiger partial charge < -0.3 is 5.11 Å². The smallest absolute Gasteiger partial charge is 0.131 e. The van der Waals surface area contributed by atoms with Crippen molar-refractivity contribution >= 4 is 10.8 Å². The van der Waals surface area contributed by atoms with Crippen molar-refractivity contribution in [1.29, 1.82) is 0 Å². The molecule has 0 spiro atoms. The minimum absolute atomic E-state index is 0.0812. The van der Waals surface area contributed by atoms with Gasteiger partial charge in [-0.05, 0) is 12.1 Å². The highest BCUT2D eigenvalue weighted by Crippen LogP contribution is 2.19. The van der Waals surface area contributed by atoms with Crippen LogP contribution in [0.2, 0.25) is 0 Å². The third kappa shape index (κ3) is 1.95. The third-order valence-corrected chi connectivity index (χ3v) is 2.75. The normalized spacial score (nSPS) is 12.3. The molecular weight excluding hydrogens is 172 g/mol. The van der Waals surface area contributed by atoms with Crippen molar-refractivity contribution in [3.63, 3.8) is 0 Å².